The third kappa shape index (κ3) is 2.57. The number of anilines is 1. The Hall–Kier alpha value is -0.840. The van der Waals surface area contributed by atoms with E-state index in [4.69, 9.17) is 5.73 Å². The summed E-state index contributed by atoms with van der Waals surface area (Å²) >= 11 is 7.08. The van der Waals surface area contributed by atoms with Crippen molar-refractivity contribution < 1.29 is 0 Å². The smallest absolute Gasteiger partial charge is 0.0535 e. The van der Waals surface area contributed by atoms with Crippen LogP contribution in [0.1, 0.15) is 29.6 Å². The molecule has 0 heterocycles. The lowest BCUT2D eigenvalue weighted by Crippen LogP contribution is -2.10. The molecule has 0 aromatic heterocycles. The van der Waals surface area contributed by atoms with E-state index in [-0.39, 0.29) is 12.1 Å². The molecule has 1 aliphatic rings. The highest BCUT2D eigenvalue weighted by Gasteiger charge is 2.28. The van der Waals surface area contributed by atoms with Crippen LogP contribution in [-0.2, 0) is 0 Å². The summed E-state index contributed by atoms with van der Waals surface area (Å²) in [7, 11) is 0. The van der Waals surface area contributed by atoms with Gasteiger partial charge in [-0.05, 0) is 51.7 Å². The largest absolute Gasteiger partial charge is 0.377 e. The van der Waals surface area contributed by atoms with E-state index in [9.17, 15) is 0 Å². The van der Waals surface area contributed by atoms with E-state index in [0.29, 0.717) is 0 Å². The Kier molecular flexibility index (Phi) is 3.65. The molecule has 3 rings (SSSR count). The Morgan fingerprint density at radius 2 is 1.79 bits per heavy atom. The van der Waals surface area contributed by atoms with Crippen LogP contribution in [0.3, 0.4) is 0 Å². The minimum atomic E-state index is 0.125. The van der Waals surface area contributed by atoms with Crippen molar-refractivity contribution in [3.05, 3.63) is 62.5 Å². The third-order valence-corrected chi connectivity index (χ3v) is 4.70. The lowest BCUT2D eigenvalue weighted by Gasteiger charge is -2.17. The molecule has 0 spiro atoms. The number of hydrogen-bond acceptors (Lipinski definition) is 2. The number of nitrogens with one attached hydrogen (secondary N) is 1. The first-order valence-electron chi connectivity index (χ1n) is 6.21. The van der Waals surface area contributed by atoms with Gasteiger partial charge in [0.2, 0.25) is 0 Å². The summed E-state index contributed by atoms with van der Waals surface area (Å²) in [6.07, 6.45) is 0.929. The Morgan fingerprint density at radius 1 is 1.05 bits per heavy atom. The van der Waals surface area contributed by atoms with E-state index >= 15 is 0 Å². The van der Waals surface area contributed by atoms with Crippen LogP contribution < -0.4 is 11.1 Å². The van der Waals surface area contributed by atoms with E-state index in [2.05, 4.69) is 67.5 Å². The van der Waals surface area contributed by atoms with Gasteiger partial charge >= 0.3 is 0 Å². The number of benzene rings is 2. The maximum absolute atomic E-state index is 6.20. The van der Waals surface area contributed by atoms with Crippen molar-refractivity contribution in [2.75, 3.05) is 5.32 Å². The summed E-state index contributed by atoms with van der Waals surface area (Å²) in [5, 5.41) is 3.58. The number of rotatable bonds is 2. The first-order chi connectivity index (χ1) is 9.15. The molecule has 2 atom stereocenters. The second kappa shape index (κ2) is 5.27. The molecule has 0 fully saturated rings. The SMILES string of the molecule is NC1CC(Nc2cc(Br)ccc2Br)c2ccccc21. The summed E-state index contributed by atoms with van der Waals surface area (Å²) in [6.45, 7) is 0. The van der Waals surface area contributed by atoms with Crippen molar-refractivity contribution in [2.24, 2.45) is 5.73 Å². The average molecular weight is 382 g/mol. The molecule has 0 amide bonds. The fourth-order valence-corrected chi connectivity index (χ4v) is 3.33. The van der Waals surface area contributed by atoms with Gasteiger partial charge in [-0.25, -0.2) is 0 Å². The topological polar surface area (TPSA) is 38.0 Å². The number of hydrogen-bond donors (Lipinski definition) is 2. The van der Waals surface area contributed by atoms with Gasteiger partial charge in [0.15, 0.2) is 0 Å². The van der Waals surface area contributed by atoms with Crippen LogP contribution in [0.25, 0.3) is 0 Å². The van der Waals surface area contributed by atoms with Crippen LogP contribution in [0.15, 0.2) is 51.4 Å². The molecule has 0 bridgehead atoms. The molecule has 3 N–H and O–H groups in total. The Labute approximate surface area is 129 Å². The Bertz CT molecular complexity index is 613. The summed E-state index contributed by atoms with van der Waals surface area (Å²) in [6, 6.07) is 14.9. The molecule has 1 aliphatic carbocycles. The van der Waals surface area contributed by atoms with Gasteiger partial charge in [0, 0.05) is 15.0 Å². The molecular formula is C15H14Br2N2. The molecule has 0 saturated carbocycles. The summed E-state index contributed by atoms with van der Waals surface area (Å²) in [5.41, 5.74) is 9.85. The van der Waals surface area contributed by atoms with Gasteiger partial charge in [-0.3, -0.25) is 0 Å². The number of fused-ring (bicyclic) bond motifs is 1. The third-order valence-electron chi connectivity index (χ3n) is 3.52. The normalized spacial score (nSPS) is 21.2. The molecule has 0 aliphatic heterocycles. The van der Waals surface area contributed by atoms with Gasteiger partial charge in [-0.15, -0.1) is 0 Å². The van der Waals surface area contributed by atoms with Gasteiger partial charge < -0.3 is 11.1 Å². The van der Waals surface area contributed by atoms with Crippen molar-refractivity contribution in [3.63, 3.8) is 0 Å². The van der Waals surface area contributed by atoms with Crippen molar-refractivity contribution in [1.82, 2.24) is 0 Å². The monoisotopic (exact) mass is 380 g/mol. The second-order valence-corrected chi connectivity index (χ2v) is 6.56. The highest BCUT2D eigenvalue weighted by atomic mass is 79.9. The molecule has 98 valence electrons. The van der Waals surface area contributed by atoms with Crippen molar-refractivity contribution in [1.29, 1.82) is 0 Å². The molecule has 2 unspecified atom stereocenters. The lowest BCUT2D eigenvalue weighted by molar-refractivity contribution is 0.648. The van der Waals surface area contributed by atoms with Crippen LogP contribution in [0, 0.1) is 0 Å². The van der Waals surface area contributed by atoms with E-state index in [1.807, 2.05) is 12.1 Å². The first kappa shape index (κ1) is 13.2. The quantitative estimate of drug-likeness (QED) is 0.786. The van der Waals surface area contributed by atoms with Crippen molar-refractivity contribution in [2.45, 2.75) is 18.5 Å². The molecule has 2 aromatic carbocycles. The van der Waals surface area contributed by atoms with Gasteiger partial charge in [-0.1, -0.05) is 40.2 Å². The van der Waals surface area contributed by atoms with E-state index < -0.39 is 0 Å². The van der Waals surface area contributed by atoms with E-state index in [1.165, 1.54) is 11.1 Å². The predicted octanol–water partition coefficient (Wildman–Crippen LogP) is 4.77. The van der Waals surface area contributed by atoms with Crippen LogP contribution in [0.4, 0.5) is 5.69 Å². The minimum Gasteiger partial charge on any atom is -0.377 e. The molecule has 0 radical (unpaired) electrons. The zero-order valence-electron chi connectivity index (χ0n) is 10.2. The zero-order chi connectivity index (χ0) is 13.4. The van der Waals surface area contributed by atoms with E-state index in [1.54, 1.807) is 0 Å². The average Bonchev–Trinajstić information content (AvgIpc) is 2.72. The van der Waals surface area contributed by atoms with Gasteiger partial charge in [-0.2, -0.15) is 0 Å². The maximum atomic E-state index is 6.20. The summed E-state index contributed by atoms with van der Waals surface area (Å²) in [5.74, 6) is 0. The standard InChI is InChI=1S/C15H14Br2N2/c16-9-5-6-12(17)15(7-9)19-14-8-13(18)10-3-1-2-4-11(10)14/h1-7,13-14,19H,8,18H2. The fraction of sp³-hybridized carbons (Fsp3) is 0.200. The van der Waals surface area contributed by atoms with Crippen molar-refractivity contribution >= 4 is 37.5 Å². The van der Waals surface area contributed by atoms with Crippen LogP contribution in [-0.4, -0.2) is 0 Å². The van der Waals surface area contributed by atoms with Crippen LogP contribution >= 0.6 is 31.9 Å². The van der Waals surface area contributed by atoms with Gasteiger partial charge in [0.05, 0.1) is 11.7 Å². The Morgan fingerprint density at radius 3 is 2.58 bits per heavy atom. The predicted molar refractivity (Wildman–Crippen MR) is 86.2 cm³/mol. The van der Waals surface area contributed by atoms with Gasteiger partial charge in [0.1, 0.15) is 0 Å². The highest BCUT2D eigenvalue weighted by Crippen LogP contribution is 2.40. The molecule has 4 heteroatoms. The second-order valence-electron chi connectivity index (χ2n) is 4.79. The summed E-state index contributed by atoms with van der Waals surface area (Å²) < 4.78 is 2.13. The Balaban J connectivity index is 1.91. The zero-order valence-corrected chi connectivity index (χ0v) is 13.4. The van der Waals surface area contributed by atoms with Gasteiger partial charge in [0.25, 0.3) is 0 Å². The molecular weight excluding hydrogens is 368 g/mol. The molecule has 2 aromatic rings. The molecule has 0 saturated heterocycles. The van der Waals surface area contributed by atoms with Crippen molar-refractivity contribution in [3.8, 4) is 0 Å². The first-order valence-corrected chi connectivity index (χ1v) is 7.80. The number of nitrogens with two attached hydrogens (primary N) is 1. The van der Waals surface area contributed by atoms with Crippen LogP contribution in [0.2, 0.25) is 0 Å². The highest BCUT2D eigenvalue weighted by molar-refractivity contribution is 9.11. The molecule has 19 heavy (non-hydrogen) atoms. The fourth-order valence-electron chi connectivity index (χ4n) is 2.61. The van der Waals surface area contributed by atoms with Crippen LogP contribution in [0.5, 0.6) is 0 Å². The molecule has 2 nitrogen and oxygen atoms in total. The summed E-state index contributed by atoms with van der Waals surface area (Å²) in [4.78, 5) is 0. The lowest BCUT2D eigenvalue weighted by atomic mass is 10.1. The minimum absolute atomic E-state index is 0.125. The maximum Gasteiger partial charge on any atom is 0.0535 e. The van der Waals surface area contributed by atoms with E-state index in [0.717, 1.165) is 21.1 Å². The number of halogens is 2.